The molecule has 8 saturated carbocycles. The standard InChI is InChI=1S/C31H46O6/c1-5-22(6-18(2)26(33)37-31-14-19-8-23(15-31)25(32)24(9-19)16-31)27(34)36-28(3,4)29-10-20-7-21(11-29)13-30(35,12-20)17-29/h18-24,35H,5-17H2,1-4H3. The molecule has 6 atom stereocenters. The minimum Gasteiger partial charge on any atom is -0.459 e. The second-order valence-electron chi connectivity index (χ2n) is 15.0. The van der Waals surface area contributed by atoms with Crippen molar-refractivity contribution in [2.45, 2.75) is 128 Å². The van der Waals surface area contributed by atoms with E-state index in [-0.39, 0.29) is 35.1 Å². The molecule has 6 unspecified atom stereocenters. The highest BCUT2D eigenvalue weighted by Gasteiger charge is 2.63. The van der Waals surface area contributed by atoms with E-state index >= 15 is 0 Å². The third-order valence-corrected chi connectivity index (χ3v) is 11.8. The van der Waals surface area contributed by atoms with Crippen LogP contribution in [-0.4, -0.2) is 39.6 Å². The molecule has 0 heterocycles. The summed E-state index contributed by atoms with van der Waals surface area (Å²) >= 11 is 0. The Labute approximate surface area is 221 Å². The van der Waals surface area contributed by atoms with Crippen LogP contribution < -0.4 is 0 Å². The summed E-state index contributed by atoms with van der Waals surface area (Å²) < 4.78 is 12.5. The second-order valence-corrected chi connectivity index (χ2v) is 15.0. The van der Waals surface area contributed by atoms with E-state index in [1.54, 1.807) is 0 Å². The van der Waals surface area contributed by atoms with Crippen molar-refractivity contribution in [2.24, 2.45) is 46.8 Å². The number of Topliss-reactive ketones (excluding diaryl/α,β-unsaturated/α-hetero) is 1. The van der Waals surface area contributed by atoms with Crippen molar-refractivity contribution >= 4 is 17.7 Å². The highest BCUT2D eigenvalue weighted by Crippen LogP contribution is 2.65. The molecule has 6 heteroatoms. The maximum absolute atomic E-state index is 13.5. The van der Waals surface area contributed by atoms with Gasteiger partial charge in [0.1, 0.15) is 17.0 Å². The van der Waals surface area contributed by atoms with Gasteiger partial charge in [0.25, 0.3) is 0 Å². The highest BCUT2D eigenvalue weighted by molar-refractivity contribution is 5.86. The molecule has 1 N–H and O–H groups in total. The van der Waals surface area contributed by atoms with Gasteiger partial charge >= 0.3 is 11.9 Å². The molecule has 8 rings (SSSR count). The molecule has 8 bridgehead atoms. The normalized spacial score (nSPS) is 45.1. The van der Waals surface area contributed by atoms with Crippen molar-refractivity contribution < 1.29 is 29.0 Å². The fourth-order valence-electron chi connectivity index (χ4n) is 10.4. The van der Waals surface area contributed by atoms with E-state index in [4.69, 9.17) is 9.47 Å². The van der Waals surface area contributed by atoms with Crippen molar-refractivity contribution in [3.8, 4) is 0 Å². The van der Waals surface area contributed by atoms with Crippen LogP contribution in [0.3, 0.4) is 0 Å². The molecule has 0 radical (unpaired) electrons. The quantitative estimate of drug-likeness (QED) is 0.437. The van der Waals surface area contributed by atoms with Crippen LogP contribution in [0.25, 0.3) is 0 Å². The van der Waals surface area contributed by atoms with Crippen molar-refractivity contribution in [3.63, 3.8) is 0 Å². The zero-order valence-electron chi connectivity index (χ0n) is 23.2. The lowest BCUT2D eigenvalue weighted by atomic mass is 9.44. The number of carbonyl (C=O) groups excluding carboxylic acids is 3. The summed E-state index contributed by atoms with van der Waals surface area (Å²) in [4.78, 5) is 39.3. The van der Waals surface area contributed by atoms with Crippen molar-refractivity contribution in [1.29, 1.82) is 0 Å². The van der Waals surface area contributed by atoms with Crippen molar-refractivity contribution in [2.75, 3.05) is 0 Å². The van der Waals surface area contributed by atoms with E-state index in [1.165, 1.54) is 6.42 Å². The van der Waals surface area contributed by atoms with E-state index in [0.29, 0.717) is 49.2 Å². The SMILES string of the molecule is CCC(CC(C)C(=O)OC12CC3CC(C1)C(=O)C(C3)C2)C(=O)OC(C)(C)C12CC3CC(CC(O)(C3)C1)C2. The van der Waals surface area contributed by atoms with Crippen LogP contribution >= 0.6 is 0 Å². The van der Waals surface area contributed by atoms with Gasteiger partial charge in [0.05, 0.1) is 17.4 Å². The second kappa shape index (κ2) is 8.53. The van der Waals surface area contributed by atoms with Gasteiger partial charge in [0.2, 0.25) is 0 Å². The largest absolute Gasteiger partial charge is 0.459 e. The first-order valence-electron chi connectivity index (χ1n) is 15.1. The number of ketones is 1. The Kier molecular flexibility index (Phi) is 5.96. The van der Waals surface area contributed by atoms with Gasteiger partial charge in [-0.05, 0) is 115 Å². The van der Waals surface area contributed by atoms with Crippen molar-refractivity contribution in [1.82, 2.24) is 0 Å². The van der Waals surface area contributed by atoms with Gasteiger partial charge in [0.15, 0.2) is 0 Å². The molecule has 8 aliphatic carbocycles. The van der Waals surface area contributed by atoms with Gasteiger partial charge in [0, 0.05) is 17.3 Å². The molecule has 0 amide bonds. The maximum atomic E-state index is 13.5. The highest BCUT2D eigenvalue weighted by atomic mass is 16.6. The summed E-state index contributed by atoms with van der Waals surface area (Å²) in [7, 11) is 0. The molecule has 0 spiro atoms. The van der Waals surface area contributed by atoms with Crippen LogP contribution in [-0.2, 0) is 23.9 Å². The number of hydrogen-bond acceptors (Lipinski definition) is 6. The van der Waals surface area contributed by atoms with E-state index in [0.717, 1.165) is 51.4 Å². The van der Waals surface area contributed by atoms with Crippen LogP contribution in [0.15, 0.2) is 0 Å². The van der Waals surface area contributed by atoms with Crippen molar-refractivity contribution in [3.05, 3.63) is 0 Å². The summed E-state index contributed by atoms with van der Waals surface area (Å²) in [6, 6.07) is 0. The fourth-order valence-corrected chi connectivity index (χ4v) is 10.4. The van der Waals surface area contributed by atoms with Gasteiger partial charge in [-0.15, -0.1) is 0 Å². The molecule has 206 valence electrons. The number of rotatable bonds is 8. The number of ether oxygens (including phenoxy) is 2. The predicted molar refractivity (Wildman–Crippen MR) is 137 cm³/mol. The van der Waals surface area contributed by atoms with E-state index in [1.807, 2.05) is 27.7 Å². The molecule has 37 heavy (non-hydrogen) atoms. The third kappa shape index (κ3) is 4.28. The van der Waals surface area contributed by atoms with Gasteiger partial charge in [-0.1, -0.05) is 13.8 Å². The van der Waals surface area contributed by atoms with Gasteiger partial charge in [-0.25, -0.2) is 0 Å². The monoisotopic (exact) mass is 514 g/mol. The predicted octanol–water partition coefficient (Wildman–Crippen LogP) is 5.38. The van der Waals surface area contributed by atoms with E-state index in [2.05, 4.69) is 0 Å². The first-order valence-corrected chi connectivity index (χ1v) is 15.1. The lowest BCUT2D eigenvalue weighted by Crippen LogP contribution is -2.63. The lowest BCUT2D eigenvalue weighted by Gasteiger charge is -2.64. The molecule has 0 aromatic heterocycles. The first-order chi connectivity index (χ1) is 17.3. The van der Waals surface area contributed by atoms with E-state index in [9.17, 15) is 19.5 Å². The average Bonchev–Trinajstić information content (AvgIpc) is 2.77. The molecule has 0 aromatic carbocycles. The molecule has 0 saturated heterocycles. The Balaban J connectivity index is 1.09. The Morgan fingerprint density at radius 2 is 1.57 bits per heavy atom. The summed E-state index contributed by atoms with van der Waals surface area (Å²) in [5, 5.41) is 11.2. The smallest absolute Gasteiger partial charge is 0.309 e. The molecule has 8 fully saturated rings. The third-order valence-electron chi connectivity index (χ3n) is 11.8. The number of aliphatic hydroxyl groups is 1. The zero-order chi connectivity index (χ0) is 26.4. The summed E-state index contributed by atoms with van der Waals surface area (Å²) in [6.45, 7) is 7.93. The van der Waals surface area contributed by atoms with Gasteiger partial charge < -0.3 is 14.6 Å². The Morgan fingerprint density at radius 3 is 2.14 bits per heavy atom. The Morgan fingerprint density at radius 1 is 0.946 bits per heavy atom. The molecule has 0 aromatic rings. The average molecular weight is 515 g/mol. The van der Waals surface area contributed by atoms with Crippen LogP contribution in [0.1, 0.15) is 111 Å². The Hall–Kier alpha value is -1.43. The number of hydrogen-bond donors (Lipinski definition) is 1. The summed E-state index contributed by atoms with van der Waals surface area (Å²) in [5.41, 5.74) is -1.89. The fraction of sp³-hybridized carbons (Fsp3) is 0.903. The number of carbonyl (C=O) groups is 3. The molecule has 0 aliphatic heterocycles. The van der Waals surface area contributed by atoms with Crippen LogP contribution in [0, 0.1) is 46.8 Å². The maximum Gasteiger partial charge on any atom is 0.309 e. The first kappa shape index (κ1) is 25.8. The lowest BCUT2D eigenvalue weighted by molar-refractivity contribution is -0.234. The van der Waals surface area contributed by atoms with Crippen LogP contribution in [0.4, 0.5) is 0 Å². The summed E-state index contributed by atoms with van der Waals surface area (Å²) in [5.74, 6) is 0.858. The minimum absolute atomic E-state index is 0.0672. The molecule has 8 aliphatic rings. The number of esters is 2. The summed E-state index contributed by atoms with van der Waals surface area (Å²) in [6.07, 6.45) is 11.0. The van der Waals surface area contributed by atoms with Crippen LogP contribution in [0.5, 0.6) is 0 Å². The van der Waals surface area contributed by atoms with Gasteiger partial charge in [-0.3, -0.25) is 14.4 Å². The molecular formula is C31H46O6. The molecular weight excluding hydrogens is 468 g/mol. The molecule has 6 nitrogen and oxygen atoms in total. The minimum atomic E-state index is -0.654. The van der Waals surface area contributed by atoms with Gasteiger partial charge in [-0.2, -0.15) is 0 Å². The van der Waals surface area contributed by atoms with Crippen LogP contribution in [0.2, 0.25) is 0 Å². The Bertz CT molecular complexity index is 950. The topological polar surface area (TPSA) is 89.9 Å². The van der Waals surface area contributed by atoms with E-state index < -0.39 is 22.7 Å². The zero-order valence-corrected chi connectivity index (χ0v) is 23.2.